The Morgan fingerprint density at radius 2 is 2.00 bits per heavy atom. The molecule has 0 fully saturated rings. The second-order valence-corrected chi connectivity index (χ2v) is 7.44. The average Bonchev–Trinajstić information content (AvgIpc) is 3.02. The van der Waals surface area contributed by atoms with Gasteiger partial charge in [0.05, 0.1) is 10.7 Å². The Hall–Kier alpha value is -1.98. The number of hydrogen-bond acceptors (Lipinski definition) is 3. The number of carbonyl (C=O) groups excluding carboxylic acids is 1. The summed E-state index contributed by atoms with van der Waals surface area (Å²) < 4.78 is 0.906. The molecule has 1 N–H and O–H groups in total. The molecule has 122 valence electrons. The highest BCUT2D eigenvalue weighted by Gasteiger charge is 2.06. The van der Waals surface area contributed by atoms with Crippen molar-refractivity contribution in [3.8, 4) is 11.3 Å². The highest BCUT2D eigenvalue weighted by atomic mass is 79.9. The van der Waals surface area contributed by atoms with Crippen molar-refractivity contribution < 1.29 is 4.79 Å². The minimum absolute atomic E-state index is 0.0501. The van der Waals surface area contributed by atoms with Crippen LogP contribution in [0.1, 0.15) is 20.9 Å². The second kappa shape index (κ2) is 7.73. The van der Waals surface area contributed by atoms with Gasteiger partial charge in [0, 0.05) is 27.5 Å². The summed E-state index contributed by atoms with van der Waals surface area (Å²) in [7, 11) is 0. The van der Waals surface area contributed by atoms with Crippen LogP contribution in [-0.2, 0) is 6.42 Å². The summed E-state index contributed by atoms with van der Waals surface area (Å²) in [6, 6.07) is 15.7. The van der Waals surface area contributed by atoms with Gasteiger partial charge < -0.3 is 5.32 Å². The van der Waals surface area contributed by atoms with Crippen LogP contribution in [0.4, 0.5) is 0 Å². The Morgan fingerprint density at radius 3 is 2.67 bits per heavy atom. The van der Waals surface area contributed by atoms with Gasteiger partial charge in [-0.05, 0) is 37.1 Å². The molecule has 0 aliphatic rings. The number of rotatable bonds is 5. The van der Waals surface area contributed by atoms with Crippen molar-refractivity contribution in [3.63, 3.8) is 0 Å². The van der Waals surface area contributed by atoms with Crippen LogP contribution in [0.2, 0.25) is 0 Å². The number of nitrogens with one attached hydrogen (secondary N) is 1. The van der Waals surface area contributed by atoms with Crippen molar-refractivity contribution in [2.75, 3.05) is 6.54 Å². The molecule has 3 rings (SSSR count). The number of benzene rings is 2. The molecule has 0 spiro atoms. The van der Waals surface area contributed by atoms with E-state index in [4.69, 9.17) is 0 Å². The predicted molar refractivity (Wildman–Crippen MR) is 102 cm³/mol. The first-order valence-electron chi connectivity index (χ1n) is 7.67. The van der Waals surface area contributed by atoms with Crippen molar-refractivity contribution in [2.45, 2.75) is 13.3 Å². The summed E-state index contributed by atoms with van der Waals surface area (Å²) in [6.45, 7) is 2.62. The second-order valence-electron chi connectivity index (χ2n) is 5.46. The van der Waals surface area contributed by atoms with Crippen LogP contribution in [0, 0.1) is 6.92 Å². The van der Waals surface area contributed by atoms with Gasteiger partial charge in [0.1, 0.15) is 0 Å². The van der Waals surface area contributed by atoms with Gasteiger partial charge in [-0.1, -0.05) is 46.3 Å². The van der Waals surface area contributed by atoms with Gasteiger partial charge in [0.25, 0.3) is 5.91 Å². The van der Waals surface area contributed by atoms with E-state index in [1.807, 2.05) is 31.2 Å². The summed E-state index contributed by atoms with van der Waals surface area (Å²) in [5.41, 5.74) is 4.01. The highest BCUT2D eigenvalue weighted by Crippen LogP contribution is 2.21. The molecular formula is C19H17BrN2OS. The fourth-order valence-corrected chi connectivity index (χ4v) is 3.41. The van der Waals surface area contributed by atoms with E-state index in [1.165, 1.54) is 5.56 Å². The Balaban J connectivity index is 1.54. The van der Waals surface area contributed by atoms with Crippen LogP contribution in [0.5, 0.6) is 0 Å². The van der Waals surface area contributed by atoms with Crippen LogP contribution in [-0.4, -0.2) is 17.4 Å². The molecule has 0 aliphatic heterocycles. The molecular weight excluding hydrogens is 384 g/mol. The largest absolute Gasteiger partial charge is 0.352 e. The van der Waals surface area contributed by atoms with Crippen molar-refractivity contribution in [1.82, 2.24) is 10.3 Å². The Kier molecular flexibility index (Phi) is 5.43. The van der Waals surface area contributed by atoms with Crippen molar-refractivity contribution in [2.24, 2.45) is 0 Å². The van der Waals surface area contributed by atoms with Crippen molar-refractivity contribution in [1.29, 1.82) is 0 Å². The molecule has 3 aromatic rings. The lowest BCUT2D eigenvalue weighted by molar-refractivity contribution is 0.0954. The third-order valence-corrected chi connectivity index (χ3v) is 4.92. The van der Waals surface area contributed by atoms with Crippen LogP contribution in [0.25, 0.3) is 11.3 Å². The highest BCUT2D eigenvalue weighted by molar-refractivity contribution is 9.10. The molecule has 0 bridgehead atoms. The van der Waals surface area contributed by atoms with E-state index in [-0.39, 0.29) is 5.91 Å². The molecule has 0 saturated heterocycles. The molecule has 0 unspecified atom stereocenters. The van der Waals surface area contributed by atoms with E-state index in [0.717, 1.165) is 27.2 Å². The molecule has 1 amide bonds. The zero-order valence-electron chi connectivity index (χ0n) is 13.3. The van der Waals surface area contributed by atoms with Crippen LogP contribution >= 0.6 is 27.3 Å². The first-order valence-corrected chi connectivity index (χ1v) is 9.34. The third-order valence-electron chi connectivity index (χ3n) is 3.65. The van der Waals surface area contributed by atoms with Crippen LogP contribution in [0.3, 0.4) is 0 Å². The van der Waals surface area contributed by atoms with Gasteiger partial charge in [-0.15, -0.1) is 11.3 Å². The number of hydrogen-bond donors (Lipinski definition) is 1. The molecule has 3 nitrogen and oxygen atoms in total. The molecule has 0 aliphatic carbocycles. The van der Waals surface area contributed by atoms with Gasteiger partial charge in [0.2, 0.25) is 0 Å². The first kappa shape index (κ1) is 16.9. The van der Waals surface area contributed by atoms with E-state index in [1.54, 1.807) is 11.3 Å². The minimum Gasteiger partial charge on any atom is -0.352 e. The molecule has 24 heavy (non-hydrogen) atoms. The Bertz CT molecular complexity index is 843. The molecule has 1 heterocycles. The summed E-state index contributed by atoms with van der Waals surface area (Å²) in [6.07, 6.45) is 0.802. The fourth-order valence-electron chi connectivity index (χ4n) is 2.39. The molecule has 0 saturated carbocycles. The number of aromatic nitrogens is 1. The predicted octanol–water partition coefficient (Wildman–Crippen LogP) is 4.85. The smallest absolute Gasteiger partial charge is 0.251 e. The van der Waals surface area contributed by atoms with Gasteiger partial charge in [0.15, 0.2) is 0 Å². The monoisotopic (exact) mass is 400 g/mol. The van der Waals surface area contributed by atoms with Crippen LogP contribution in [0.15, 0.2) is 58.4 Å². The molecule has 1 aromatic heterocycles. The zero-order chi connectivity index (χ0) is 16.9. The number of nitrogens with zero attached hydrogens (tertiary/aromatic N) is 1. The quantitative estimate of drug-likeness (QED) is 0.664. The van der Waals surface area contributed by atoms with E-state index < -0.39 is 0 Å². The number of thiazole rings is 1. The molecule has 0 radical (unpaired) electrons. The van der Waals surface area contributed by atoms with Gasteiger partial charge in [-0.3, -0.25) is 4.79 Å². The summed E-state index contributed by atoms with van der Waals surface area (Å²) >= 11 is 5.04. The Labute approximate surface area is 153 Å². The molecule has 0 atom stereocenters. The topological polar surface area (TPSA) is 42.0 Å². The van der Waals surface area contributed by atoms with E-state index in [2.05, 4.69) is 55.9 Å². The van der Waals surface area contributed by atoms with Gasteiger partial charge in [-0.2, -0.15) is 0 Å². The molecule has 2 aromatic carbocycles. The van der Waals surface area contributed by atoms with Gasteiger partial charge >= 0.3 is 0 Å². The summed E-state index contributed by atoms with van der Waals surface area (Å²) in [5, 5.41) is 6.10. The van der Waals surface area contributed by atoms with Crippen molar-refractivity contribution in [3.05, 3.63) is 74.5 Å². The number of carbonyl (C=O) groups is 1. The maximum Gasteiger partial charge on any atom is 0.251 e. The lowest BCUT2D eigenvalue weighted by Crippen LogP contribution is -2.25. The van der Waals surface area contributed by atoms with E-state index in [9.17, 15) is 4.79 Å². The average molecular weight is 401 g/mol. The number of amides is 1. The zero-order valence-corrected chi connectivity index (χ0v) is 15.7. The van der Waals surface area contributed by atoms with Gasteiger partial charge in [-0.25, -0.2) is 4.98 Å². The van der Waals surface area contributed by atoms with E-state index >= 15 is 0 Å². The fraction of sp³-hybridized carbons (Fsp3) is 0.158. The van der Waals surface area contributed by atoms with Crippen LogP contribution < -0.4 is 5.32 Å². The number of halogens is 1. The Morgan fingerprint density at radius 1 is 1.21 bits per heavy atom. The standard InChI is InChI=1S/C19H17BrN2OS/c1-13-22-18(12-24-13)15-7-5-14(6-8-15)9-10-21-19(23)16-3-2-4-17(20)11-16/h2-8,11-12H,9-10H2,1H3,(H,21,23). The third kappa shape index (κ3) is 4.30. The normalized spacial score (nSPS) is 10.6. The van der Waals surface area contributed by atoms with E-state index in [0.29, 0.717) is 12.1 Å². The number of aryl methyl sites for hydroxylation is 1. The summed E-state index contributed by atoms with van der Waals surface area (Å²) in [5.74, 6) is -0.0501. The lowest BCUT2D eigenvalue weighted by Gasteiger charge is -2.06. The SMILES string of the molecule is Cc1nc(-c2ccc(CCNC(=O)c3cccc(Br)c3)cc2)cs1. The molecule has 5 heteroatoms. The first-order chi connectivity index (χ1) is 11.6. The summed E-state index contributed by atoms with van der Waals surface area (Å²) in [4.78, 5) is 16.6. The van der Waals surface area contributed by atoms with Crippen molar-refractivity contribution >= 4 is 33.2 Å². The maximum absolute atomic E-state index is 12.1. The lowest BCUT2D eigenvalue weighted by atomic mass is 10.1. The minimum atomic E-state index is -0.0501. The maximum atomic E-state index is 12.1.